The van der Waals surface area contributed by atoms with E-state index in [9.17, 15) is 19.7 Å². The predicted molar refractivity (Wildman–Crippen MR) is 77.0 cm³/mol. The third-order valence-electron chi connectivity index (χ3n) is 2.97. The number of hydrogen-bond acceptors (Lipinski definition) is 4. The molecule has 3 aromatic rings. The number of aromatic nitrogens is 2. The highest BCUT2D eigenvalue weighted by molar-refractivity contribution is 9.10. The van der Waals surface area contributed by atoms with E-state index >= 15 is 0 Å². The minimum Gasteiger partial charge on any atom is -0.316 e. The highest BCUT2D eigenvalue weighted by atomic mass is 79.9. The van der Waals surface area contributed by atoms with Gasteiger partial charge in [0.05, 0.1) is 16.0 Å². The Morgan fingerprint density at radius 2 is 1.75 bits per heavy atom. The first-order valence-corrected chi connectivity index (χ1v) is 6.29. The van der Waals surface area contributed by atoms with Gasteiger partial charge in [0.15, 0.2) is 0 Å². The van der Waals surface area contributed by atoms with Crippen molar-refractivity contribution >= 4 is 43.4 Å². The van der Waals surface area contributed by atoms with E-state index in [1.54, 1.807) is 12.1 Å². The standard InChI is InChI=1S/C12H6BrN3O4/c13-8-4-9-10(15-12(18)11(17)14-9)7-3-5(16(19)20)1-2-6(7)8/h1-4H,(H,14,17)(H,15,18). The van der Waals surface area contributed by atoms with E-state index in [4.69, 9.17) is 0 Å². The summed E-state index contributed by atoms with van der Waals surface area (Å²) in [7, 11) is 0. The van der Waals surface area contributed by atoms with Gasteiger partial charge in [0.25, 0.3) is 5.69 Å². The van der Waals surface area contributed by atoms with E-state index in [-0.39, 0.29) is 5.69 Å². The van der Waals surface area contributed by atoms with Gasteiger partial charge >= 0.3 is 11.1 Å². The number of fused-ring (bicyclic) bond motifs is 3. The molecule has 3 rings (SSSR count). The SMILES string of the molecule is O=c1[nH]c2cc(Br)c3ccc([N+](=O)[O-])cc3c2[nH]c1=O. The highest BCUT2D eigenvalue weighted by Crippen LogP contribution is 2.31. The summed E-state index contributed by atoms with van der Waals surface area (Å²) in [5, 5.41) is 12.0. The van der Waals surface area contributed by atoms with Crippen LogP contribution in [0.4, 0.5) is 5.69 Å². The Labute approximate surface area is 118 Å². The first-order chi connectivity index (χ1) is 9.47. The van der Waals surface area contributed by atoms with E-state index in [0.717, 1.165) is 0 Å². The van der Waals surface area contributed by atoms with Crippen LogP contribution in [0.25, 0.3) is 21.8 Å². The number of nitrogens with one attached hydrogen (secondary N) is 2. The number of nitrogens with zero attached hydrogens (tertiary/aromatic N) is 1. The number of nitro groups is 1. The number of H-pyrrole nitrogens is 2. The van der Waals surface area contributed by atoms with Gasteiger partial charge in [0, 0.05) is 22.0 Å². The Bertz CT molecular complexity index is 990. The normalized spacial score (nSPS) is 11.1. The number of nitro benzene ring substituents is 1. The molecule has 1 aromatic heterocycles. The van der Waals surface area contributed by atoms with Crippen molar-refractivity contribution < 1.29 is 4.92 Å². The summed E-state index contributed by atoms with van der Waals surface area (Å²) in [6.45, 7) is 0. The summed E-state index contributed by atoms with van der Waals surface area (Å²) in [4.78, 5) is 38.0. The van der Waals surface area contributed by atoms with Gasteiger partial charge in [0.2, 0.25) is 0 Å². The smallest absolute Gasteiger partial charge is 0.314 e. The first kappa shape index (κ1) is 12.5. The summed E-state index contributed by atoms with van der Waals surface area (Å²) in [6.07, 6.45) is 0. The van der Waals surface area contributed by atoms with Crippen molar-refractivity contribution in [2.24, 2.45) is 0 Å². The molecule has 1 heterocycles. The van der Waals surface area contributed by atoms with Crippen LogP contribution in [0.1, 0.15) is 0 Å². The Morgan fingerprint density at radius 1 is 1.05 bits per heavy atom. The Balaban J connectivity index is 2.58. The fourth-order valence-corrected chi connectivity index (χ4v) is 2.64. The topological polar surface area (TPSA) is 109 Å². The quantitative estimate of drug-likeness (QED) is 0.307. The van der Waals surface area contributed by atoms with Crippen LogP contribution in [0.2, 0.25) is 0 Å². The molecule has 0 spiro atoms. The molecule has 0 fully saturated rings. The van der Waals surface area contributed by atoms with Crippen LogP contribution in [0.3, 0.4) is 0 Å². The third kappa shape index (κ3) is 1.81. The van der Waals surface area contributed by atoms with E-state index in [2.05, 4.69) is 25.9 Å². The van der Waals surface area contributed by atoms with E-state index in [0.29, 0.717) is 26.3 Å². The van der Waals surface area contributed by atoms with Gasteiger partial charge in [-0.15, -0.1) is 0 Å². The second kappa shape index (κ2) is 4.27. The van der Waals surface area contributed by atoms with Crippen molar-refractivity contribution in [1.82, 2.24) is 9.97 Å². The number of rotatable bonds is 1. The van der Waals surface area contributed by atoms with Gasteiger partial charge in [-0.05, 0) is 17.5 Å². The molecule has 0 atom stereocenters. The zero-order valence-corrected chi connectivity index (χ0v) is 11.4. The third-order valence-corrected chi connectivity index (χ3v) is 3.63. The molecule has 2 N–H and O–H groups in total. The number of non-ortho nitro benzene ring substituents is 1. The highest BCUT2D eigenvalue weighted by Gasteiger charge is 2.12. The van der Waals surface area contributed by atoms with E-state index in [1.807, 2.05) is 0 Å². The second-order valence-corrected chi connectivity index (χ2v) is 5.03. The molecule has 7 nitrogen and oxygen atoms in total. The molecular formula is C12H6BrN3O4. The van der Waals surface area contributed by atoms with Crippen LogP contribution in [0.5, 0.6) is 0 Å². The molecule has 0 saturated heterocycles. The van der Waals surface area contributed by atoms with Crippen LogP contribution in [0, 0.1) is 10.1 Å². The minimum atomic E-state index is -0.798. The van der Waals surface area contributed by atoms with E-state index in [1.165, 1.54) is 12.1 Å². The molecule has 0 bridgehead atoms. The minimum absolute atomic E-state index is 0.0936. The lowest BCUT2D eigenvalue weighted by Crippen LogP contribution is -2.28. The predicted octanol–water partition coefficient (Wildman–Crippen LogP) is 2.04. The molecule has 0 amide bonds. The maximum absolute atomic E-state index is 11.4. The fraction of sp³-hybridized carbons (Fsp3) is 0. The zero-order valence-electron chi connectivity index (χ0n) is 9.77. The zero-order chi connectivity index (χ0) is 14.4. The molecule has 0 saturated carbocycles. The molecule has 0 unspecified atom stereocenters. The lowest BCUT2D eigenvalue weighted by molar-refractivity contribution is -0.384. The number of benzene rings is 2. The largest absolute Gasteiger partial charge is 0.316 e. The number of aromatic amines is 2. The maximum atomic E-state index is 11.4. The van der Waals surface area contributed by atoms with Crippen molar-refractivity contribution in [3.8, 4) is 0 Å². The molecule has 0 radical (unpaired) electrons. The molecule has 100 valence electrons. The van der Waals surface area contributed by atoms with E-state index < -0.39 is 16.0 Å². The summed E-state index contributed by atoms with van der Waals surface area (Å²) < 4.78 is 0.664. The maximum Gasteiger partial charge on any atom is 0.314 e. The number of halogens is 1. The Morgan fingerprint density at radius 3 is 2.45 bits per heavy atom. The van der Waals surface area contributed by atoms with Crippen molar-refractivity contribution in [3.05, 3.63) is 59.6 Å². The van der Waals surface area contributed by atoms with Crippen LogP contribution in [-0.2, 0) is 0 Å². The Hall–Kier alpha value is -2.48. The molecule has 2 aromatic carbocycles. The average molecular weight is 336 g/mol. The molecule has 8 heteroatoms. The molecule has 0 aliphatic heterocycles. The van der Waals surface area contributed by atoms with Crippen LogP contribution in [0.15, 0.2) is 38.3 Å². The molecule has 0 aliphatic rings. The van der Waals surface area contributed by atoms with Gasteiger partial charge in [-0.3, -0.25) is 19.7 Å². The van der Waals surface area contributed by atoms with Crippen LogP contribution >= 0.6 is 15.9 Å². The van der Waals surface area contributed by atoms with Crippen molar-refractivity contribution in [2.45, 2.75) is 0 Å². The average Bonchev–Trinajstić information content (AvgIpc) is 2.41. The van der Waals surface area contributed by atoms with Crippen molar-refractivity contribution in [1.29, 1.82) is 0 Å². The fourth-order valence-electron chi connectivity index (χ4n) is 2.07. The van der Waals surface area contributed by atoms with Crippen LogP contribution in [-0.4, -0.2) is 14.9 Å². The molecule has 20 heavy (non-hydrogen) atoms. The Kier molecular flexibility index (Phi) is 2.68. The lowest BCUT2D eigenvalue weighted by atomic mass is 10.1. The van der Waals surface area contributed by atoms with Crippen molar-refractivity contribution in [2.75, 3.05) is 0 Å². The summed E-state index contributed by atoms with van der Waals surface area (Å²) in [6, 6.07) is 5.96. The van der Waals surface area contributed by atoms with Gasteiger partial charge in [0.1, 0.15) is 0 Å². The summed E-state index contributed by atoms with van der Waals surface area (Å²) in [5.41, 5.74) is -0.906. The first-order valence-electron chi connectivity index (χ1n) is 5.50. The van der Waals surface area contributed by atoms with Gasteiger partial charge in [-0.2, -0.15) is 0 Å². The van der Waals surface area contributed by atoms with Crippen molar-refractivity contribution in [3.63, 3.8) is 0 Å². The van der Waals surface area contributed by atoms with Gasteiger partial charge in [-0.25, -0.2) is 0 Å². The number of hydrogen-bond donors (Lipinski definition) is 2. The van der Waals surface area contributed by atoms with Gasteiger partial charge < -0.3 is 9.97 Å². The summed E-state index contributed by atoms with van der Waals surface area (Å²) in [5.74, 6) is 0. The molecular weight excluding hydrogens is 330 g/mol. The molecule has 0 aliphatic carbocycles. The second-order valence-electron chi connectivity index (χ2n) is 4.18. The lowest BCUT2D eigenvalue weighted by Gasteiger charge is -2.05. The monoisotopic (exact) mass is 335 g/mol. The van der Waals surface area contributed by atoms with Crippen LogP contribution < -0.4 is 11.1 Å². The van der Waals surface area contributed by atoms with Gasteiger partial charge in [-0.1, -0.05) is 15.9 Å². The summed E-state index contributed by atoms with van der Waals surface area (Å²) >= 11 is 3.34.